The number of nitrogens with one attached hydrogen (secondary N) is 1. The lowest BCUT2D eigenvalue weighted by Crippen LogP contribution is -2.41. The number of anilines is 1. The standard InChI is InChI=1S/C23H26N4O4/c1-14-11-15(2)27(25-14)18-8-6-5-7-17(18)24-23(29)26-12-16-20(30-3)9-10-21(31-4)22(16)19(28)13-26/h5-11,19,28H,12-13H2,1-4H3,(H,24,29)/t19-/m1/s1. The SMILES string of the molecule is COc1ccc(OC)c2c1CN(C(=O)Nc1ccccc1-n1nc(C)cc1C)C[C@H]2O. The second kappa shape index (κ2) is 8.31. The highest BCUT2D eigenvalue weighted by Gasteiger charge is 2.32. The number of carbonyl (C=O) groups is 1. The molecule has 3 aromatic rings. The van der Waals surface area contributed by atoms with Crippen molar-refractivity contribution in [3.63, 3.8) is 0 Å². The number of amides is 2. The van der Waals surface area contributed by atoms with Crippen LogP contribution in [0.25, 0.3) is 5.69 Å². The minimum absolute atomic E-state index is 0.143. The van der Waals surface area contributed by atoms with Gasteiger partial charge in [-0.25, -0.2) is 9.48 Å². The summed E-state index contributed by atoms with van der Waals surface area (Å²) in [5.74, 6) is 1.19. The lowest BCUT2D eigenvalue weighted by Gasteiger charge is -2.34. The summed E-state index contributed by atoms with van der Waals surface area (Å²) in [6.45, 7) is 4.33. The van der Waals surface area contributed by atoms with Gasteiger partial charge in [0.15, 0.2) is 0 Å². The number of aliphatic hydroxyl groups is 1. The number of rotatable bonds is 4. The van der Waals surface area contributed by atoms with Crippen LogP contribution >= 0.6 is 0 Å². The highest BCUT2D eigenvalue weighted by Crippen LogP contribution is 2.39. The number of nitrogens with zero attached hydrogens (tertiary/aromatic N) is 3. The summed E-state index contributed by atoms with van der Waals surface area (Å²) in [4.78, 5) is 14.7. The Morgan fingerprint density at radius 2 is 1.84 bits per heavy atom. The van der Waals surface area contributed by atoms with Crippen molar-refractivity contribution in [1.29, 1.82) is 0 Å². The first-order chi connectivity index (χ1) is 14.9. The zero-order valence-corrected chi connectivity index (χ0v) is 18.0. The number of aromatic nitrogens is 2. The lowest BCUT2D eigenvalue weighted by atomic mass is 9.95. The Bertz CT molecular complexity index is 1120. The van der Waals surface area contributed by atoms with Crippen LogP contribution in [0, 0.1) is 13.8 Å². The van der Waals surface area contributed by atoms with Crippen molar-refractivity contribution in [2.24, 2.45) is 0 Å². The molecule has 1 aliphatic rings. The topological polar surface area (TPSA) is 88.9 Å². The number of hydrogen-bond acceptors (Lipinski definition) is 5. The Balaban J connectivity index is 1.63. The van der Waals surface area contributed by atoms with Crippen LogP contribution in [0.5, 0.6) is 11.5 Å². The lowest BCUT2D eigenvalue weighted by molar-refractivity contribution is 0.105. The maximum atomic E-state index is 13.2. The van der Waals surface area contributed by atoms with Gasteiger partial charge in [0.05, 0.1) is 44.4 Å². The van der Waals surface area contributed by atoms with E-state index in [2.05, 4.69) is 10.4 Å². The van der Waals surface area contributed by atoms with Crippen molar-refractivity contribution in [2.45, 2.75) is 26.5 Å². The van der Waals surface area contributed by atoms with Gasteiger partial charge in [-0.15, -0.1) is 0 Å². The minimum atomic E-state index is -0.884. The quantitative estimate of drug-likeness (QED) is 0.671. The molecule has 8 nitrogen and oxygen atoms in total. The first kappa shape index (κ1) is 20.7. The molecule has 2 amide bonds. The summed E-state index contributed by atoms with van der Waals surface area (Å²) >= 11 is 0. The summed E-state index contributed by atoms with van der Waals surface area (Å²) in [7, 11) is 3.13. The van der Waals surface area contributed by atoms with Gasteiger partial charge in [0.25, 0.3) is 0 Å². The monoisotopic (exact) mass is 422 g/mol. The number of para-hydroxylation sites is 2. The molecule has 0 aliphatic carbocycles. The molecule has 0 fully saturated rings. The molecule has 0 bridgehead atoms. The summed E-state index contributed by atoms with van der Waals surface area (Å²) in [5.41, 5.74) is 4.68. The van der Waals surface area contributed by atoms with Gasteiger partial charge in [0.1, 0.15) is 17.6 Å². The number of carbonyl (C=O) groups excluding carboxylic acids is 1. The van der Waals surface area contributed by atoms with Gasteiger partial charge in [-0.2, -0.15) is 5.10 Å². The number of methoxy groups -OCH3 is 2. The summed E-state index contributed by atoms with van der Waals surface area (Å²) in [5, 5.41) is 18.3. The van der Waals surface area contributed by atoms with E-state index in [1.807, 2.05) is 44.2 Å². The fourth-order valence-electron chi connectivity index (χ4n) is 4.06. The Kier molecular flexibility index (Phi) is 5.56. The van der Waals surface area contributed by atoms with E-state index in [4.69, 9.17) is 9.47 Å². The molecule has 2 N–H and O–H groups in total. The average Bonchev–Trinajstić information content (AvgIpc) is 3.10. The molecular weight excluding hydrogens is 396 g/mol. The van der Waals surface area contributed by atoms with E-state index >= 15 is 0 Å². The van der Waals surface area contributed by atoms with Gasteiger partial charge in [-0.3, -0.25) is 0 Å². The molecule has 2 aromatic carbocycles. The van der Waals surface area contributed by atoms with Crippen molar-refractivity contribution in [1.82, 2.24) is 14.7 Å². The Hall–Kier alpha value is -3.52. The molecule has 0 unspecified atom stereocenters. The van der Waals surface area contributed by atoms with Crippen molar-refractivity contribution in [2.75, 3.05) is 26.1 Å². The van der Waals surface area contributed by atoms with Crippen LogP contribution in [0.2, 0.25) is 0 Å². The molecule has 2 heterocycles. The molecular formula is C23H26N4O4. The highest BCUT2D eigenvalue weighted by molar-refractivity contribution is 5.92. The number of urea groups is 1. The van der Waals surface area contributed by atoms with E-state index in [-0.39, 0.29) is 12.6 Å². The molecule has 0 saturated heterocycles. The van der Waals surface area contributed by atoms with Gasteiger partial charge in [0.2, 0.25) is 0 Å². The molecule has 162 valence electrons. The van der Waals surface area contributed by atoms with Gasteiger partial charge in [0, 0.05) is 16.8 Å². The van der Waals surface area contributed by atoms with Gasteiger partial charge in [-0.1, -0.05) is 12.1 Å². The van der Waals surface area contributed by atoms with E-state index in [0.29, 0.717) is 29.3 Å². The minimum Gasteiger partial charge on any atom is -0.496 e. The molecule has 1 aromatic heterocycles. The van der Waals surface area contributed by atoms with E-state index < -0.39 is 6.10 Å². The maximum absolute atomic E-state index is 13.2. The van der Waals surface area contributed by atoms with E-state index in [1.165, 1.54) is 0 Å². The van der Waals surface area contributed by atoms with Crippen LogP contribution in [0.1, 0.15) is 28.6 Å². The van der Waals surface area contributed by atoms with Crippen molar-refractivity contribution >= 4 is 11.7 Å². The second-order valence-electron chi connectivity index (χ2n) is 7.54. The highest BCUT2D eigenvalue weighted by atomic mass is 16.5. The molecule has 31 heavy (non-hydrogen) atoms. The molecule has 0 saturated carbocycles. The van der Waals surface area contributed by atoms with Crippen molar-refractivity contribution in [3.8, 4) is 17.2 Å². The molecule has 4 rings (SSSR count). The number of β-amino-alcohol motifs (C(OH)–C–C–N with tert-alkyl or cyclic N) is 1. The smallest absolute Gasteiger partial charge is 0.322 e. The first-order valence-electron chi connectivity index (χ1n) is 10.0. The maximum Gasteiger partial charge on any atom is 0.322 e. The van der Waals surface area contributed by atoms with E-state index in [1.54, 1.807) is 35.9 Å². The predicted octanol–water partition coefficient (Wildman–Crippen LogP) is 3.59. The van der Waals surface area contributed by atoms with Crippen LogP contribution in [0.3, 0.4) is 0 Å². The fourth-order valence-corrected chi connectivity index (χ4v) is 4.06. The van der Waals surface area contributed by atoms with E-state index in [9.17, 15) is 9.90 Å². The van der Waals surface area contributed by atoms with Crippen LogP contribution in [-0.2, 0) is 6.54 Å². The number of aliphatic hydroxyl groups excluding tert-OH is 1. The Morgan fingerprint density at radius 1 is 1.13 bits per heavy atom. The summed E-state index contributed by atoms with van der Waals surface area (Å²) in [6.07, 6.45) is -0.884. The van der Waals surface area contributed by atoms with Crippen LogP contribution in [-0.4, -0.2) is 46.6 Å². The zero-order valence-electron chi connectivity index (χ0n) is 18.0. The largest absolute Gasteiger partial charge is 0.496 e. The van der Waals surface area contributed by atoms with Gasteiger partial charge < -0.3 is 24.8 Å². The van der Waals surface area contributed by atoms with Crippen molar-refractivity contribution < 1.29 is 19.4 Å². The number of ether oxygens (including phenoxy) is 2. The van der Waals surface area contributed by atoms with Crippen LogP contribution in [0.15, 0.2) is 42.5 Å². The average molecular weight is 422 g/mol. The van der Waals surface area contributed by atoms with Crippen LogP contribution < -0.4 is 14.8 Å². The Labute approximate surface area is 181 Å². The van der Waals surface area contributed by atoms with Crippen LogP contribution in [0.4, 0.5) is 10.5 Å². The fraction of sp³-hybridized carbons (Fsp3) is 0.304. The summed E-state index contributed by atoms with van der Waals surface area (Å²) < 4.78 is 12.7. The molecule has 0 spiro atoms. The van der Waals surface area contributed by atoms with Gasteiger partial charge in [-0.05, 0) is 44.2 Å². The number of fused-ring (bicyclic) bond motifs is 1. The third-order valence-corrected chi connectivity index (χ3v) is 5.46. The Morgan fingerprint density at radius 3 is 2.52 bits per heavy atom. The number of benzene rings is 2. The zero-order chi connectivity index (χ0) is 22.1. The van der Waals surface area contributed by atoms with E-state index in [0.717, 1.165) is 22.6 Å². The second-order valence-corrected chi connectivity index (χ2v) is 7.54. The van der Waals surface area contributed by atoms with Crippen molar-refractivity contribution in [3.05, 3.63) is 65.0 Å². The molecule has 1 atom stereocenters. The summed E-state index contributed by atoms with van der Waals surface area (Å²) in [6, 6.07) is 12.7. The molecule has 1 aliphatic heterocycles. The molecule has 0 radical (unpaired) electrons. The number of aryl methyl sites for hydroxylation is 2. The van der Waals surface area contributed by atoms with Gasteiger partial charge >= 0.3 is 6.03 Å². The number of hydrogen-bond donors (Lipinski definition) is 2. The third-order valence-electron chi connectivity index (χ3n) is 5.46. The third kappa shape index (κ3) is 3.82. The normalized spacial score (nSPS) is 15.4. The predicted molar refractivity (Wildman–Crippen MR) is 117 cm³/mol. The first-order valence-corrected chi connectivity index (χ1v) is 10.0. The molecule has 8 heteroatoms.